The van der Waals surface area contributed by atoms with Crippen molar-refractivity contribution in [2.45, 2.75) is 26.1 Å². The average Bonchev–Trinajstić information content (AvgIpc) is 3.14. The third-order valence-electron chi connectivity index (χ3n) is 2.95. The number of halogens is 2. The number of ether oxygens (including phenoxy) is 2. The van der Waals surface area contributed by atoms with Crippen molar-refractivity contribution >= 4 is 0 Å². The number of hydrogen-bond acceptors (Lipinski definition) is 6. The molecule has 0 amide bonds. The Morgan fingerprint density at radius 3 is 3.00 bits per heavy atom. The van der Waals surface area contributed by atoms with Gasteiger partial charge in [-0.25, -0.2) is 4.98 Å². The number of pyridine rings is 1. The van der Waals surface area contributed by atoms with Crippen molar-refractivity contribution in [2.24, 2.45) is 5.92 Å². The molecule has 0 bridgehead atoms. The van der Waals surface area contributed by atoms with Crippen LogP contribution in [0.25, 0.3) is 11.4 Å². The fraction of sp³-hybridized carbons (Fsp3) is 0.462. The molecule has 0 atom stereocenters. The lowest BCUT2D eigenvalue weighted by atomic mass is 10.2. The molecule has 0 radical (unpaired) electrons. The van der Waals surface area contributed by atoms with Crippen LogP contribution < -0.4 is 4.74 Å². The third-order valence-corrected chi connectivity index (χ3v) is 2.95. The lowest BCUT2D eigenvalue weighted by molar-refractivity contribution is -0.0528. The van der Waals surface area contributed by atoms with E-state index in [4.69, 9.17) is 9.26 Å². The van der Waals surface area contributed by atoms with Crippen LogP contribution in [0.15, 0.2) is 22.9 Å². The van der Waals surface area contributed by atoms with Crippen LogP contribution in [0, 0.1) is 5.92 Å². The van der Waals surface area contributed by atoms with E-state index in [1.165, 1.54) is 25.1 Å². The topological polar surface area (TPSA) is 70.3 Å². The van der Waals surface area contributed by atoms with Crippen molar-refractivity contribution in [3.63, 3.8) is 0 Å². The van der Waals surface area contributed by atoms with E-state index in [0.717, 1.165) is 0 Å². The van der Waals surface area contributed by atoms with Gasteiger partial charge >= 0.3 is 6.61 Å². The SMILES string of the molecule is FC(F)Oc1cc(-c2noc(COCC3CC3)n2)ccn1. The summed E-state index contributed by atoms with van der Waals surface area (Å²) in [5, 5.41) is 3.78. The van der Waals surface area contributed by atoms with E-state index in [0.29, 0.717) is 24.0 Å². The van der Waals surface area contributed by atoms with E-state index < -0.39 is 6.61 Å². The number of hydrogen-bond donors (Lipinski definition) is 0. The molecular formula is C13H13F2N3O3. The molecule has 0 unspecified atom stereocenters. The molecule has 0 spiro atoms. The maximum atomic E-state index is 12.1. The lowest BCUT2D eigenvalue weighted by Crippen LogP contribution is -2.03. The summed E-state index contributed by atoms with van der Waals surface area (Å²) in [4.78, 5) is 7.82. The Morgan fingerprint density at radius 1 is 1.38 bits per heavy atom. The van der Waals surface area contributed by atoms with Gasteiger partial charge in [-0.1, -0.05) is 5.16 Å². The first kappa shape index (κ1) is 13.9. The highest BCUT2D eigenvalue weighted by Gasteiger charge is 2.21. The molecule has 1 aliphatic carbocycles. The highest BCUT2D eigenvalue weighted by molar-refractivity contribution is 5.54. The largest absolute Gasteiger partial charge is 0.417 e. The zero-order valence-electron chi connectivity index (χ0n) is 11.0. The summed E-state index contributed by atoms with van der Waals surface area (Å²) in [6, 6.07) is 2.91. The maximum absolute atomic E-state index is 12.1. The van der Waals surface area contributed by atoms with Gasteiger partial charge in [-0.05, 0) is 24.8 Å². The molecule has 112 valence electrons. The van der Waals surface area contributed by atoms with Crippen molar-refractivity contribution < 1.29 is 22.8 Å². The van der Waals surface area contributed by atoms with E-state index in [9.17, 15) is 8.78 Å². The van der Waals surface area contributed by atoms with Gasteiger partial charge in [-0.15, -0.1) is 0 Å². The van der Waals surface area contributed by atoms with E-state index in [2.05, 4.69) is 19.9 Å². The predicted octanol–water partition coefficient (Wildman–Crippen LogP) is 2.66. The zero-order chi connectivity index (χ0) is 14.7. The van der Waals surface area contributed by atoms with Gasteiger partial charge in [-0.3, -0.25) is 0 Å². The molecule has 0 aromatic carbocycles. The number of nitrogens with zero attached hydrogens (tertiary/aromatic N) is 3. The first-order valence-electron chi connectivity index (χ1n) is 6.52. The predicted molar refractivity (Wildman–Crippen MR) is 66.5 cm³/mol. The molecule has 2 aromatic heterocycles. The van der Waals surface area contributed by atoms with E-state index in [1.807, 2.05) is 0 Å². The first-order chi connectivity index (χ1) is 10.2. The molecule has 2 aromatic rings. The molecule has 3 rings (SSSR count). The average molecular weight is 297 g/mol. The van der Waals surface area contributed by atoms with Crippen molar-refractivity contribution in [1.82, 2.24) is 15.1 Å². The standard InChI is InChI=1S/C13H13F2N3O3/c14-13(15)20-10-5-9(3-4-16-10)12-17-11(21-18-12)7-19-6-8-1-2-8/h3-5,8,13H,1-2,6-7H2. The van der Waals surface area contributed by atoms with Gasteiger partial charge < -0.3 is 14.0 Å². The monoisotopic (exact) mass is 297 g/mol. The number of aromatic nitrogens is 3. The maximum Gasteiger partial charge on any atom is 0.388 e. The second-order valence-electron chi connectivity index (χ2n) is 4.73. The second kappa shape index (κ2) is 6.13. The summed E-state index contributed by atoms with van der Waals surface area (Å²) in [5.41, 5.74) is 0.484. The summed E-state index contributed by atoms with van der Waals surface area (Å²) < 4.78 is 39.0. The minimum absolute atomic E-state index is 0.196. The molecule has 21 heavy (non-hydrogen) atoms. The van der Waals surface area contributed by atoms with Gasteiger partial charge in [-0.2, -0.15) is 13.8 Å². The van der Waals surface area contributed by atoms with Gasteiger partial charge in [0.15, 0.2) is 0 Å². The van der Waals surface area contributed by atoms with Crippen molar-refractivity contribution in [2.75, 3.05) is 6.61 Å². The number of rotatable bonds is 7. The highest BCUT2D eigenvalue weighted by atomic mass is 19.3. The molecule has 2 heterocycles. The zero-order valence-corrected chi connectivity index (χ0v) is 11.0. The summed E-state index contributed by atoms with van der Waals surface area (Å²) in [6.45, 7) is -1.99. The minimum atomic E-state index is -2.93. The minimum Gasteiger partial charge on any atom is -0.417 e. The Balaban J connectivity index is 1.64. The molecule has 0 aliphatic heterocycles. The van der Waals surface area contributed by atoms with Crippen LogP contribution in [0.3, 0.4) is 0 Å². The van der Waals surface area contributed by atoms with Gasteiger partial charge in [0.1, 0.15) is 6.61 Å². The molecule has 6 nitrogen and oxygen atoms in total. The molecule has 0 N–H and O–H groups in total. The van der Waals surface area contributed by atoms with Crippen molar-refractivity contribution in [3.05, 3.63) is 24.2 Å². The Hall–Kier alpha value is -2.09. The summed E-state index contributed by atoms with van der Waals surface area (Å²) in [6.07, 6.45) is 3.75. The Labute approximate surface area is 119 Å². The highest BCUT2D eigenvalue weighted by Crippen LogP contribution is 2.29. The molecule has 1 fully saturated rings. The van der Waals surface area contributed by atoms with Crippen LogP contribution in [0.2, 0.25) is 0 Å². The van der Waals surface area contributed by atoms with E-state index >= 15 is 0 Å². The van der Waals surface area contributed by atoms with Crippen LogP contribution in [0.1, 0.15) is 18.7 Å². The third kappa shape index (κ3) is 3.94. The van der Waals surface area contributed by atoms with Crippen LogP contribution in [0.4, 0.5) is 8.78 Å². The van der Waals surface area contributed by atoms with E-state index in [-0.39, 0.29) is 18.3 Å². The molecular weight excluding hydrogens is 284 g/mol. The second-order valence-corrected chi connectivity index (χ2v) is 4.73. The van der Waals surface area contributed by atoms with Crippen LogP contribution in [-0.4, -0.2) is 28.3 Å². The van der Waals surface area contributed by atoms with Crippen molar-refractivity contribution in [1.29, 1.82) is 0 Å². The smallest absolute Gasteiger partial charge is 0.388 e. The molecule has 0 saturated heterocycles. The molecule has 1 aliphatic rings. The van der Waals surface area contributed by atoms with E-state index in [1.54, 1.807) is 6.07 Å². The first-order valence-corrected chi connectivity index (χ1v) is 6.52. The van der Waals surface area contributed by atoms with Gasteiger partial charge in [0.05, 0.1) is 6.61 Å². The van der Waals surface area contributed by atoms with Gasteiger partial charge in [0.25, 0.3) is 5.89 Å². The lowest BCUT2D eigenvalue weighted by Gasteiger charge is -2.03. The van der Waals surface area contributed by atoms with Crippen LogP contribution in [-0.2, 0) is 11.3 Å². The Bertz CT molecular complexity index is 602. The summed E-state index contributed by atoms with van der Waals surface area (Å²) in [5.74, 6) is 1.08. The molecule has 8 heteroatoms. The van der Waals surface area contributed by atoms with Gasteiger partial charge in [0.2, 0.25) is 11.7 Å². The van der Waals surface area contributed by atoms with Gasteiger partial charge in [0, 0.05) is 17.8 Å². The Kier molecular flexibility index (Phi) is 4.05. The summed E-state index contributed by atoms with van der Waals surface area (Å²) in [7, 11) is 0. The molecule has 1 saturated carbocycles. The fourth-order valence-corrected chi connectivity index (χ4v) is 1.73. The van der Waals surface area contributed by atoms with Crippen LogP contribution in [0.5, 0.6) is 5.88 Å². The number of alkyl halides is 2. The van der Waals surface area contributed by atoms with Crippen molar-refractivity contribution in [3.8, 4) is 17.3 Å². The summed E-state index contributed by atoms with van der Waals surface area (Å²) >= 11 is 0. The van der Waals surface area contributed by atoms with Crippen LogP contribution >= 0.6 is 0 Å². The fourth-order valence-electron chi connectivity index (χ4n) is 1.73. The quantitative estimate of drug-likeness (QED) is 0.782. The normalized spacial score (nSPS) is 14.6. The Morgan fingerprint density at radius 2 is 2.24 bits per heavy atom.